The second-order valence-electron chi connectivity index (χ2n) is 12.8. The molecule has 2 saturated carbocycles. The van der Waals surface area contributed by atoms with Crippen LogP contribution in [-0.4, -0.2) is 67.1 Å². The normalized spacial score (nSPS) is 25.8. The van der Waals surface area contributed by atoms with E-state index in [-0.39, 0.29) is 75.8 Å². The Morgan fingerprint density at radius 1 is 1.20 bits per heavy atom. The zero-order valence-electron chi connectivity index (χ0n) is 25.1. The number of hydrogen-bond donors (Lipinski definition) is 2. The Morgan fingerprint density at radius 3 is 2.69 bits per heavy atom. The van der Waals surface area contributed by atoms with E-state index in [1.54, 1.807) is 0 Å². The van der Waals surface area contributed by atoms with E-state index in [2.05, 4.69) is 20.2 Å². The maximum atomic E-state index is 16.9. The summed E-state index contributed by atoms with van der Waals surface area (Å²) in [6.07, 6.45) is 0.865. The molecule has 2 aromatic heterocycles. The van der Waals surface area contributed by atoms with Gasteiger partial charge in [0.2, 0.25) is 0 Å². The molecule has 2 aliphatic carbocycles. The summed E-state index contributed by atoms with van der Waals surface area (Å²) >= 11 is 6.88. The molecular weight excluding hydrogens is 616 g/mol. The number of aryl methyl sites for hydroxylation is 1. The van der Waals surface area contributed by atoms with Crippen LogP contribution >= 0.6 is 11.6 Å². The summed E-state index contributed by atoms with van der Waals surface area (Å²) < 4.78 is 78.5. The minimum Gasteiger partial charge on any atom is -0.491 e. The molecule has 4 fully saturated rings. The van der Waals surface area contributed by atoms with Crippen LogP contribution in [0.25, 0.3) is 22.2 Å². The minimum absolute atomic E-state index is 0.0164. The van der Waals surface area contributed by atoms with Crippen molar-refractivity contribution in [3.8, 4) is 23.0 Å². The summed E-state index contributed by atoms with van der Waals surface area (Å²) in [5.74, 6) is -0.810. The average Bonchev–Trinajstić information content (AvgIpc) is 3.57. The van der Waals surface area contributed by atoms with Crippen molar-refractivity contribution in [2.45, 2.75) is 63.8 Å². The number of alkyl halides is 3. The van der Waals surface area contributed by atoms with Crippen LogP contribution < -0.4 is 25.4 Å². The van der Waals surface area contributed by atoms with Crippen LogP contribution in [0.2, 0.25) is 5.02 Å². The van der Waals surface area contributed by atoms with Crippen molar-refractivity contribution < 1.29 is 31.8 Å². The van der Waals surface area contributed by atoms with Crippen molar-refractivity contribution in [3.05, 3.63) is 28.0 Å². The molecule has 0 spiro atoms. The topological polar surface area (TPSA) is 108 Å². The maximum Gasteiger partial charge on any atom is 0.418 e. The summed E-state index contributed by atoms with van der Waals surface area (Å²) in [6, 6.07) is 1.06. The Hall–Kier alpha value is -3.16. The van der Waals surface area contributed by atoms with E-state index in [0.717, 1.165) is 44.6 Å². The third kappa shape index (κ3) is 5.20. The first-order valence-corrected chi connectivity index (χ1v) is 15.7. The van der Waals surface area contributed by atoms with E-state index in [9.17, 15) is 13.2 Å². The van der Waals surface area contributed by atoms with E-state index < -0.39 is 28.8 Å². The lowest BCUT2D eigenvalue weighted by Crippen LogP contribution is -2.48. The highest BCUT2D eigenvalue weighted by Crippen LogP contribution is 2.52. The van der Waals surface area contributed by atoms with Crippen molar-refractivity contribution in [2.24, 2.45) is 11.3 Å². The maximum absolute atomic E-state index is 16.9. The summed E-state index contributed by atoms with van der Waals surface area (Å²) in [4.78, 5) is 15.4. The lowest BCUT2D eigenvalue weighted by atomic mass is 9.71. The quantitative estimate of drug-likeness (QED) is 0.301. The smallest absolute Gasteiger partial charge is 0.418 e. The van der Waals surface area contributed by atoms with Crippen LogP contribution in [0.15, 0.2) is 6.07 Å². The SMILES string of the molecule is CNCCN1c2nc(OCC34COC(C3)C4)nc3c(F)c(-c4nc(N)cc(C)c4C(F)(F)F)c(Cl)c(c23)OCC2CCCCC21. The predicted octanol–water partition coefficient (Wildman–Crippen LogP) is 5.93. The number of nitrogens with zero attached hydrogens (tertiary/aromatic N) is 4. The summed E-state index contributed by atoms with van der Waals surface area (Å²) in [6.45, 7) is 3.48. The first kappa shape index (κ1) is 30.5. The molecular formula is C31H35ClF4N6O3. The van der Waals surface area contributed by atoms with E-state index in [1.165, 1.54) is 6.92 Å². The first-order valence-electron chi connectivity index (χ1n) is 15.4. The molecule has 242 valence electrons. The molecule has 0 radical (unpaired) electrons. The number of hydrogen-bond acceptors (Lipinski definition) is 9. The van der Waals surface area contributed by atoms with Crippen molar-refractivity contribution >= 4 is 34.1 Å². The lowest BCUT2D eigenvalue weighted by Gasteiger charge is -2.42. The lowest BCUT2D eigenvalue weighted by molar-refractivity contribution is -0.137. The number of pyridine rings is 1. The molecule has 3 N–H and O–H groups in total. The van der Waals surface area contributed by atoms with Gasteiger partial charge in [0.15, 0.2) is 11.6 Å². The van der Waals surface area contributed by atoms with Crippen molar-refractivity contribution in [3.63, 3.8) is 0 Å². The van der Waals surface area contributed by atoms with Gasteiger partial charge in [0, 0.05) is 30.5 Å². The second kappa shape index (κ2) is 11.3. The number of benzene rings is 1. The molecule has 2 bridgehead atoms. The van der Waals surface area contributed by atoms with E-state index in [4.69, 9.17) is 36.5 Å². The van der Waals surface area contributed by atoms with Crippen molar-refractivity contribution in [1.82, 2.24) is 20.3 Å². The molecule has 8 rings (SSSR count). The predicted molar refractivity (Wildman–Crippen MR) is 161 cm³/mol. The molecule has 14 heteroatoms. The van der Waals surface area contributed by atoms with E-state index in [1.807, 2.05) is 7.05 Å². The summed E-state index contributed by atoms with van der Waals surface area (Å²) in [5, 5.41) is 3.03. The Kier molecular flexibility index (Phi) is 7.64. The van der Waals surface area contributed by atoms with Gasteiger partial charge in [-0.15, -0.1) is 0 Å². The summed E-state index contributed by atoms with van der Waals surface area (Å²) in [5.41, 5.74) is 2.85. The van der Waals surface area contributed by atoms with Gasteiger partial charge in [-0.3, -0.25) is 0 Å². The Morgan fingerprint density at radius 2 is 1.98 bits per heavy atom. The van der Waals surface area contributed by atoms with Gasteiger partial charge in [0.1, 0.15) is 17.2 Å². The number of nitrogens with two attached hydrogens (primary N) is 1. The molecule has 1 aromatic carbocycles. The average molecular weight is 651 g/mol. The van der Waals surface area contributed by atoms with Gasteiger partial charge >= 0.3 is 12.2 Å². The molecule has 9 nitrogen and oxygen atoms in total. The molecule has 45 heavy (non-hydrogen) atoms. The van der Waals surface area contributed by atoms with Crippen molar-refractivity contribution in [2.75, 3.05) is 50.6 Å². The van der Waals surface area contributed by atoms with Gasteiger partial charge in [-0.25, -0.2) is 9.37 Å². The number of likely N-dealkylation sites (N-methyl/N-ethyl adjacent to an activating group) is 1. The van der Waals surface area contributed by atoms with E-state index in [0.29, 0.717) is 25.5 Å². The van der Waals surface area contributed by atoms with Gasteiger partial charge in [0.05, 0.1) is 53.2 Å². The van der Waals surface area contributed by atoms with Crippen molar-refractivity contribution in [1.29, 1.82) is 0 Å². The highest BCUT2D eigenvalue weighted by Gasteiger charge is 2.52. The molecule has 2 unspecified atom stereocenters. The Labute approximate surface area is 262 Å². The number of anilines is 2. The van der Waals surface area contributed by atoms with Crippen LogP contribution in [0, 0.1) is 24.1 Å². The molecule has 2 saturated heterocycles. The van der Waals surface area contributed by atoms with Gasteiger partial charge in [0.25, 0.3) is 0 Å². The van der Waals surface area contributed by atoms with Crippen LogP contribution in [0.1, 0.15) is 49.7 Å². The number of halogens is 5. The van der Waals surface area contributed by atoms with Crippen LogP contribution in [0.5, 0.6) is 11.8 Å². The highest BCUT2D eigenvalue weighted by atomic mass is 35.5. The largest absolute Gasteiger partial charge is 0.491 e. The van der Waals surface area contributed by atoms with Gasteiger partial charge in [-0.2, -0.15) is 23.1 Å². The molecule has 2 atom stereocenters. The van der Waals surface area contributed by atoms with Gasteiger partial charge in [-0.05, 0) is 51.3 Å². The van der Waals surface area contributed by atoms with Crippen LogP contribution in [0.4, 0.5) is 29.2 Å². The fourth-order valence-corrected chi connectivity index (χ4v) is 7.87. The zero-order valence-corrected chi connectivity index (χ0v) is 25.8. The number of rotatable bonds is 7. The number of nitrogen functional groups attached to an aromatic ring is 1. The molecule has 3 aromatic rings. The number of nitrogens with one attached hydrogen (secondary N) is 1. The third-order valence-electron chi connectivity index (χ3n) is 9.74. The fraction of sp³-hybridized carbons (Fsp3) is 0.581. The zero-order chi connectivity index (χ0) is 31.7. The minimum atomic E-state index is -4.87. The number of ether oxygens (including phenoxy) is 3. The van der Waals surface area contributed by atoms with E-state index >= 15 is 4.39 Å². The van der Waals surface area contributed by atoms with Gasteiger partial charge < -0.3 is 30.2 Å². The number of aromatic nitrogens is 3. The van der Waals surface area contributed by atoms with Gasteiger partial charge in [-0.1, -0.05) is 24.4 Å². The highest BCUT2D eigenvalue weighted by molar-refractivity contribution is 6.36. The second-order valence-corrected chi connectivity index (χ2v) is 13.2. The molecule has 0 amide bonds. The molecule has 3 aliphatic heterocycles. The molecule has 5 heterocycles. The standard InChI is InChI=1S/C31H35ClF4N6O3/c1-15-9-19(37)39-25(22(15)31(34,35)36)20-23(32)27-21-26(24(20)33)40-29(45-14-30-10-17(11-30)44-13-30)41-28(21)42(8-7-38-2)18-6-4-3-5-16(18)12-43-27/h9,16-18,38H,3-8,10-14H2,1-2H3,(H2,37,39). The van der Waals surface area contributed by atoms with Crippen LogP contribution in [0.3, 0.4) is 0 Å². The first-order chi connectivity index (χ1) is 21.5. The Bertz CT molecular complexity index is 1650. The summed E-state index contributed by atoms with van der Waals surface area (Å²) in [7, 11) is 1.85. The third-order valence-corrected chi connectivity index (χ3v) is 10.1. The molecule has 5 aliphatic rings. The van der Waals surface area contributed by atoms with Crippen LogP contribution in [-0.2, 0) is 10.9 Å². The Balaban J connectivity index is 1.48. The number of fused-ring (bicyclic) bond motifs is 2. The monoisotopic (exact) mass is 650 g/mol. The fourth-order valence-electron chi connectivity index (χ4n) is 7.55.